The Labute approximate surface area is 151 Å². The first-order chi connectivity index (χ1) is 12.1. The molecule has 0 aromatic heterocycles. The van der Waals surface area contributed by atoms with Crippen molar-refractivity contribution in [3.8, 4) is 0 Å². The average Bonchev–Trinajstić information content (AvgIpc) is 2.67. The van der Waals surface area contributed by atoms with Crippen LogP contribution in [0.25, 0.3) is 0 Å². The number of nitrogens with zero attached hydrogens (tertiary/aromatic N) is 2. The third-order valence-electron chi connectivity index (χ3n) is 5.34. The lowest BCUT2D eigenvalue weighted by atomic mass is 9.94. The monoisotopic (exact) mass is 364 g/mol. The number of amides is 1. The molecule has 25 heavy (non-hydrogen) atoms. The Balaban J connectivity index is 1.55. The van der Waals surface area contributed by atoms with Crippen LogP contribution in [0, 0.1) is 5.92 Å². The highest BCUT2D eigenvalue weighted by Crippen LogP contribution is 2.26. The van der Waals surface area contributed by atoms with Crippen LogP contribution in [0.1, 0.15) is 44.9 Å². The zero-order valence-corrected chi connectivity index (χ0v) is 15.6. The van der Waals surface area contributed by atoms with Crippen LogP contribution in [-0.2, 0) is 14.8 Å². The molecule has 1 amide bonds. The Morgan fingerprint density at radius 1 is 1.00 bits per heavy atom. The molecule has 0 N–H and O–H groups in total. The molecule has 5 nitrogen and oxygen atoms in total. The van der Waals surface area contributed by atoms with E-state index in [4.69, 9.17) is 0 Å². The number of piperidine rings is 2. The van der Waals surface area contributed by atoms with Crippen LogP contribution in [0.3, 0.4) is 0 Å². The van der Waals surface area contributed by atoms with Gasteiger partial charge < -0.3 is 4.90 Å². The SMILES string of the molecule is O=C(CCC1CCCN(S(=O)(=O)c2ccccc2)C1)N1CCCCC1. The van der Waals surface area contributed by atoms with Crippen molar-refractivity contribution in [2.75, 3.05) is 26.2 Å². The minimum absolute atomic E-state index is 0.239. The van der Waals surface area contributed by atoms with Gasteiger partial charge in [-0.2, -0.15) is 4.31 Å². The van der Waals surface area contributed by atoms with Gasteiger partial charge in [-0.15, -0.1) is 0 Å². The van der Waals surface area contributed by atoms with Crippen LogP contribution in [0.2, 0.25) is 0 Å². The molecule has 2 fully saturated rings. The van der Waals surface area contributed by atoms with Crippen molar-refractivity contribution in [3.63, 3.8) is 0 Å². The number of hydrogen-bond donors (Lipinski definition) is 0. The third-order valence-corrected chi connectivity index (χ3v) is 7.22. The van der Waals surface area contributed by atoms with Gasteiger partial charge in [-0.25, -0.2) is 8.42 Å². The fourth-order valence-electron chi connectivity index (χ4n) is 3.85. The van der Waals surface area contributed by atoms with E-state index in [9.17, 15) is 13.2 Å². The molecule has 2 saturated heterocycles. The van der Waals surface area contributed by atoms with E-state index in [1.54, 1.807) is 28.6 Å². The van der Waals surface area contributed by atoms with Crippen LogP contribution in [-0.4, -0.2) is 49.7 Å². The normalized spacial score (nSPS) is 22.7. The van der Waals surface area contributed by atoms with Gasteiger partial charge >= 0.3 is 0 Å². The van der Waals surface area contributed by atoms with Gasteiger partial charge in [0, 0.05) is 32.6 Å². The van der Waals surface area contributed by atoms with Crippen molar-refractivity contribution in [1.82, 2.24) is 9.21 Å². The van der Waals surface area contributed by atoms with Crippen molar-refractivity contribution >= 4 is 15.9 Å². The van der Waals surface area contributed by atoms with Crippen molar-refractivity contribution in [1.29, 1.82) is 0 Å². The van der Waals surface area contributed by atoms with E-state index in [1.165, 1.54) is 6.42 Å². The van der Waals surface area contributed by atoms with E-state index >= 15 is 0 Å². The molecule has 0 bridgehead atoms. The van der Waals surface area contributed by atoms with Crippen LogP contribution < -0.4 is 0 Å². The van der Waals surface area contributed by atoms with Gasteiger partial charge in [0.1, 0.15) is 0 Å². The minimum Gasteiger partial charge on any atom is -0.343 e. The summed E-state index contributed by atoms with van der Waals surface area (Å²) >= 11 is 0. The van der Waals surface area contributed by atoms with Crippen LogP contribution >= 0.6 is 0 Å². The second kappa shape index (κ2) is 8.32. The lowest BCUT2D eigenvalue weighted by molar-refractivity contribution is -0.132. The summed E-state index contributed by atoms with van der Waals surface area (Å²) in [6.07, 6.45) is 6.65. The first-order valence-electron chi connectivity index (χ1n) is 9.40. The highest BCUT2D eigenvalue weighted by Gasteiger charge is 2.30. The molecule has 1 atom stereocenters. The zero-order chi connectivity index (χ0) is 17.7. The highest BCUT2D eigenvalue weighted by atomic mass is 32.2. The minimum atomic E-state index is -3.42. The number of carbonyl (C=O) groups excluding carboxylic acids is 1. The Kier molecular flexibility index (Phi) is 6.12. The molecule has 2 heterocycles. The van der Waals surface area contributed by atoms with Gasteiger partial charge in [0.05, 0.1) is 4.90 Å². The van der Waals surface area contributed by atoms with Gasteiger partial charge in [0.25, 0.3) is 0 Å². The van der Waals surface area contributed by atoms with E-state index in [0.717, 1.165) is 45.2 Å². The second-order valence-electron chi connectivity index (χ2n) is 7.16. The predicted molar refractivity (Wildman–Crippen MR) is 97.6 cm³/mol. The summed E-state index contributed by atoms with van der Waals surface area (Å²) < 4.78 is 27.1. The molecule has 0 radical (unpaired) electrons. The van der Waals surface area contributed by atoms with Gasteiger partial charge in [-0.3, -0.25) is 4.79 Å². The van der Waals surface area contributed by atoms with Crippen molar-refractivity contribution in [2.24, 2.45) is 5.92 Å². The molecular formula is C19H28N2O3S. The zero-order valence-electron chi connectivity index (χ0n) is 14.8. The number of sulfonamides is 1. The molecule has 0 saturated carbocycles. The molecule has 0 spiro atoms. The summed E-state index contributed by atoms with van der Waals surface area (Å²) in [5.41, 5.74) is 0. The maximum absolute atomic E-state index is 12.8. The first kappa shape index (κ1) is 18.4. The van der Waals surface area contributed by atoms with Crippen molar-refractivity contribution in [3.05, 3.63) is 30.3 Å². The number of likely N-dealkylation sites (tertiary alicyclic amines) is 1. The topological polar surface area (TPSA) is 57.7 Å². The number of hydrogen-bond acceptors (Lipinski definition) is 3. The quantitative estimate of drug-likeness (QED) is 0.807. The Bertz CT molecular complexity index is 669. The Morgan fingerprint density at radius 3 is 2.44 bits per heavy atom. The largest absolute Gasteiger partial charge is 0.343 e. The van der Waals surface area contributed by atoms with Crippen LogP contribution in [0.15, 0.2) is 35.2 Å². The summed E-state index contributed by atoms with van der Waals surface area (Å²) in [6.45, 7) is 2.88. The fourth-order valence-corrected chi connectivity index (χ4v) is 5.43. The summed E-state index contributed by atoms with van der Waals surface area (Å²) in [4.78, 5) is 14.7. The summed E-state index contributed by atoms with van der Waals surface area (Å²) in [6, 6.07) is 8.64. The maximum Gasteiger partial charge on any atom is 0.243 e. The standard InChI is InChI=1S/C19H28N2O3S/c22-19(20-13-5-2-6-14-20)12-11-17-8-7-15-21(16-17)25(23,24)18-9-3-1-4-10-18/h1,3-4,9-10,17H,2,5-8,11-16H2. The molecule has 1 unspecified atom stereocenters. The predicted octanol–water partition coefficient (Wildman–Crippen LogP) is 2.88. The maximum atomic E-state index is 12.8. The molecule has 138 valence electrons. The van der Waals surface area contributed by atoms with Crippen LogP contribution in [0.5, 0.6) is 0 Å². The third kappa shape index (κ3) is 4.61. The summed E-state index contributed by atoms with van der Waals surface area (Å²) in [5.74, 6) is 0.517. The van der Waals surface area contributed by atoms with E-state index < -0.39 is 10.0 Å². The number of rotatable bonds is 5. The average molecular weight is 365 g/mol. The fraction of sp³-hybridized carbons (Fsp3) is 0.632. The molecule has 0 aliphatic carbocycles. The van der Waals surface area contributed by atoms with E-state index in [1.807, 2.05) is 11.0 Å². The molecule has 2 aliphatic rings. The van der Waals surface area contributed by atoms with E-state index in [-0.39, 0.29) is 11.8 Å². The molecule has 1 aromatic carbocycles. The summed E-state index contributed by atoms with van der Waals surface area (Å²) in [5, 5.41) is 0. The smallest absolute Gasteiger partial charge is 0.243 e. The highest BCUT2D eigenvalue weighted by molar-refractivity contribution is 7.89. The van der Waals surface area contributed by atoms with E-state index in [0.29, 0.717) is 24.4 Å². The van der Waals surface area contributed by atoms with Crippen LogP contribution in [0.4, 0.5) is 0 Å². The molecule has 3 rings (SSSR count). The lowest BCUT2D eigenvalue weighted by Crippen LogP contribution is -2.40. The molecule has 2 aliphatic heterocycles. The lowest BCUT2D eigenvalue weighted by Gasteiger charge is -2.32. The summed E-state index contributed by atoms with van der Waals surface area (Å²) in [7, 11) is -3.42. The van der Waals surface area contributed by atoms with Crippen molar-refractivity contribution < 1.29 is 13.2 Å². The Morgan fingerprint density at radius 2 is 1.72 bits per heavy atom. The van der Waals surface area contributed by atoms with Crippen molar-refractivity contribution in [2.45, 2.75) is 49.8 Å². The second-order valence-corrected chi connectivity index (χ2v) is 9.10. The van der Waals surface area contributed by atoms with Gasteiger partial charge in [0.15, 0.2) is 0 Å². The Hall–Kier alpha value is -1.40. The first-order valence-corrected chi connectivity index (χ1v) is 10.8. The van der Waals surface area contributed by atoms with Gasteiger partial charge in [-0.1, -0.05) is 18.2 Å². The molecule has 6 heteroatoms. The van der Waals surface area contributed by atoms with Gasteiger partial charge in [-0.05, 0) is 56.6 Å². The molecular weight excluding hydrogens is 336 g/mol. The molecule has 1 aromatic rings. The number of carbonyl (C=O) groups is 1. The van der Waals surface area contributed by atoms with E-state index in [2.05, 4.69) is 0 Å². The number of benzene rings is 1. The van der Waals surface area contributed by atoms with Gasteiger partial charge in [0.2, 0.25) is 15.9 Å².